The highest BCUT2D eigenvalue weighted by atomic mass is 35.5. The highest BCUT2D eigenvalue weighted by molar-refractivity contribution is 7.92. The predicted octanol–water partition coefficient (Wildman–Crippen LogP) is 5.16. The van der Waals surface area contributed by atoms with Gasteiger partial charge in [0.25, 0.3) is 10.0 Å². The Morgan fingerprint density at radius 1 is 1.00 bits per heavy atom. The zero-order chi connectivity index (χ0) is 20.6. The van der Waals surface area contributed by atoms with Crippen molar-refractivity contribution < 1.29 is 8.42 Å². The molecule has 0 radical (unpaired) electrons. The Bertz CT molecular complexity index is 1310. The SMILES string of the molecule is Cc1cc(S(=O)(=O)Nc2ccn(Cc3cccc4ccccc34)n2)c(C)cc1Cl. The molecule has 4 aromatic rings. The summed E-state index contributed by atoms with van der Waals surface area (Å²) in [6.45, 7) is 4.04. The largest absolute Gasteiger partial charge is 0.266 e. The number of aryl methyl sites for hydroxylation is 2. The second kappa shape index (κ2) is 7.54. The van der Waals surface area contributed by atoms with E-state index in [0.717, 1.165) is 16.3 Å². The highest BCUT2D eigenvalue weighted by Crippen LogP contribution is 2.25. The lowest BCUT2D eigenvalue weighted by Crippen LogP contribution is -2.15. The summed E-state index contributed by atoms with van der Waals surface area (Å²) in [7, 11) is -3.76. The zero-order valence-corrected chi connectivity index (χ0v) is 17.6. The molecule has 0 bridgehead atoms. The molecule has 4 rings (SSSR count). The Hall–Kier alpha value is -2.83. The number of hydrogen-bond donors (Lipinski definition) is 1. The molecule has 7 heteroatoms. The van der Waals surface area contributed by atoms with E-state index in [1.807, 2.05) is 24.3 Å². The van der Waals surface area contributed by atoms with E-state index >= 15 is 0 Å². The van der Waals surface area contributed by atoms with Crippen LogP contribution in [-0.4, -0.2) is 18.2 Å². The predicted molar refractivity (Wildman–Crippen MR) is 117 cm³/mol. The molecule has 0 aliphatic rings. The van der Waals surface area contributed by atoms with Crippen LogP contribution in [0.1, 0.15) is 16.7 Å². The fourth-order valence-corrected chi connectivity index (χ4v) is 4.87. The van der Waals surface area contributed by atoms with Gasteiger partial charge < -0.3 is 0 Å². The zero-order valence-electron chi connectivity index (χ0n) is 16.1. The summed E-state index contributed by atoms with van der Waals surface area (Å²) in [6, 6.07) is 19.2. The molecule has 0 aliphatic heterocycles. The van der Waals surface area contributed by atoms with Gasteiger partial charge in [-0.3, -0.25) is 9.40 Å². The lowest BCUT2D eigenvalue weighted by molar-refractivity contribution is 0.600. The lowest BCUT2D eigenvalue weighted by atomic mass is 10.0. The van der Waals surface area contributed by atoms with Crippen molar-refractivity contribution >= 4 is 38.2 Å². The number of sulfonamides is 1. The van der Waals surface area contributed by atoms with E-state index in [1.54, 1.807) is 42.9 Å². The van der Waals surface area contributed by atoms with Crippen LogP contribution in [0.3, 0.4) is 0 Å². The minimum absolute atomic E-state index is 0.197. The minimum atomic E-state index is -3.76. The maximum atomic E-state index is 12.8. The maximum absolute atomic E-state index is 12.8. The first-order chi connectivity index (χ1) is 13.8. The first kappa shape index (κ1) is 19.5. The van der Waals surface area contributed by atoms with Gasteiger partial charge in [-0.15, -0.1) is 0 Å². The number of nitrogens with one attached hydrogen (secondary N) is 1. The van der Waals surface area contributed by atoms with E-state index in [4.69, 9.17) is 11.6 Å². The van der Waals surface area contributed by atoms with Crippen LogP contribution in [0.15, 0.2) is 71.8 Å². The van der Waals surface area contributed by atoms with Crippen molar-refractivity contribution in [1.82, 2.24) is 9.78 Å². The fraction of sp³-hybridized carbons (Fsp3) is 0.136. The van der Waals surface area contributed by atoms with Crippen molar-refractivity contribution in [3.8, 4) is 0 Å². The van der Waals surface area contributed by atoms with E-state index in [-0.39, 0.29) is 10.7 Å². The van der Waals surface area contributed by atoms with E-state index in [1.165, 1.54) is 0 Å². The number of fused-ring (bicyclic) bond motifs is 1. The van der Waals surface area contributed by atoms with Crippen LogP contribution in [0, 0.1) is 13.8 Å². The molecule has 3 aromatic carbocycles. The molecule has 0 amide bonds. The van der Waals surface area contributed by atoms with Crippen LogP contribution in [-0.2, 0) is 16.6 Å². The van der Waals surface area contributed by atoms with Crippen LogP contribution in [0.4, 0.5) is 5.82 Å². The van der Waals surface area contributed by atoms with Crippen molar-refractivity contribution in [3.63, 3.8) is 0 Å². The molecule has 0 saturated carbocycles. The minimum Gasteiger partial charge on any atom is -0.266 e. The first-order valence-corrected chi connectivity index (χ1v) is 11.0. The molecule has 1 N–H and O–H groups in total. The molecular weight excluding hydrogens is 406 g/mol. The van der Waals surface area contributed by atoms with Gasteiger partial charge in [0.2, 0.25) is 0 Å². The molecule has 0 unspecified atom stereocenters. The summed E-state index contributed by atoms with van der Waals surface area (Å²) in [5.74, 6) is 0.275. The third kappa shape index (κ3) is 3.99. The average Bonchev–Trinajstić information content (AvgIpc) is 3.11. The van der Waals surface area contributed by atoms with Gasteiger partial charge in [0.15, 0.2) is 5.82 Å². The Balaban J connectivity index is 1.59. The second-order valence-electron chi connectivity index (χ2n) is 7.01. The third-order valence-corrected chi connectivity index (χ3v) is 6.74. The molecular formula is C22H20ClN3O2S. The summed E-state index contributed by atoms with van der Waals surface area (Å²) < 4.78 is 29.9. The van der Waals surface area contributed by atoms with Gasteiger partial charge >= 0.3 is 0 Å². The van der Waals surface area contributed by atoms with Crippen molar-refractivity contribution in [2.75, 3.05) is 4.72 Å². The summed E-state index contributed by atoms with van der Waals surface area (Å²) in [5.41, 5.74) is 2.41. The highest BCUT2D eigenvalue weighted by Gasteiger charge is 2.19. The summed E-state index contributed by atoms with van der Waals surface area (Å²) in [4.78, 5) is 0.197. The smallest absolute Gasteiger partial charge is 0.263 e. The molecule has 0 atom stereocenters. The van der Waals surface area contributed by atoms with Crippen LogP contribution in [0.2, 0.25) is 5.02 Å². The second-order valence-corrected chi connectivity index (χ2v) is 9.07. The van der Waals surface area contributed by atoms with Crippen molar-refractivity contribution in [1.29, 1.82) is 0 Å². The quantitative estimate of drug-likeness (QED) is 0.480. The monoisotopic (exact) mass is 425 g/mol. The van der Waals surface area contributed by atoms with E-state index in [2.05, 4.69) is 28.0 Å². The maximum Gasteiger partial charge on any atom is 0.263 e. The first-order valence-electron chi connectivity index (χ1n) is 9.13. The van der Waals surface area contributed by atoms with Gasteiger partial charge in [0, 0.05) is 17.3 Å². The van der Waals surface area contributed by atoms with Gasteiger partial charge in [-0.25, -0.2) is 8.42 Å². The van der Waals surface area contributed by atoms with Crippen molar-refractivity contribution in [2.45, 2.75) is 25.3 Å². The molecule has 5 nitrogen and oxygen atoms in total. The number of nitrogens with zero attached hydrogens (tertiary/aromatic N) is 2. The summed E-state index contributed by atoms with van der Waals surface area (Å²) in [5, 5.41) is 7.25. The summed E-state index contributed by atoms with van der Waals surface area (Å²) >= 11 is 6.09. The Morgan fingerprint density at radius 3 is 2.59 bits per heavy atom. The van der Waals surface area contributed by atoms with Crippen LogP contribution >= 0.6 is 11.6 Å². The standard InChI is InChI=1S/C22H20ClN3O2S/c1-15-13-21(16(2)12-20(15)23)29(27,28)25-22-10-11-26(24-22)14-18-8-5-7-17-6-3-4-9-19(17)18/h3-13H,14H2,1-2H3,(H,24,25). The topological polar surface area (TPSA) is 64.0 Å². The third-order valence-electron chi connectivity index (χ3n) is 4.84. The Morgan fingerprint density at radius 2 is 1.76 bits per heavy atom. The number of benzene rings is 3. The van der Waals surface area contributed by atoms with E-state index < -0.39 is 10.0 Å². The van der Waals surface area contributed by atoms with E-state index in [9.17, 15) is 8.42 Å². The van der Waals surface area contributed by atoms with Gasteiger partial charge in [-0.1, -0.05) is 54.1 Å². The van der Waals surface area contributed by atoms with Gasteiger partial charge in [-0.2, -0.15) is 5.10 Å². The van der Waals surface area contributed by atoms with Gasteiger partial charge in [0.05, 0.1) is 11.4 Å². The van der Waals surface area contributed by atoms with Crippen LogP contribution in [0.5, 0.6) is 0 Å². The lowest BCUT2D eigenvalue weighted by Gasteiger charge is -2.11. The van der Waals surface area contributed by atoms with Crippen molar-refractivity contribution in [3.05, 3.63) is 88.6 Å². The van der Waals surface area contributed by atoms with Crippen LogP contribution in [0.25, 0.3) is 10.8 Å². The number of aromatic nitrogens is 2. The number of anilines is 1. The normalized spacial score (nSPS) is 11.7. The van der Waals surface area contributed by atoms with Gasteiger partial charge in [-0.05, 0) is 53.4 Å². The van der Waals surface area contributed by atoms with E-state index in [0.29, 0.717) is 22.7 Å². The van der Waals surface area contributed by atoms with Crippen LogP contribution < -0.4 is 4.72 Å². The molecule has 148 valence electrons. The van der Waals surface area contributed by atoms with Gasteiger partial charge in [0.1, 0.15) is 0 Å². The van der Waals surface area contributed by atoms with Crippen molar-refractivity contribution in [2.24, 2.45) is 0 Å². The Kier molecular flexibility index (Phi) is 5.06. The molecule has 29 heavy (non-hydrogen) atoms. The fourth-order valence-electron chi connectivity index (χ4n) is 3.35. The number of rotatable bonds is 5. The Labute approximate surface area is 175 Å². The molecule has 0 aliphatic carbocycles. The molecule has 0 fully saturated rings. The number of halogens is 1. The number of hydrogen-bond acceptors (Lipinski definition) is 3. The molecule has 1 heterocycles. The average molecular weight is 426 g/mol. The molecule has 1 aromatic heterocycles. The molecule has 0 spiro atoms. The molecule has 0 saturated heterocycles. The summed E-state index contributed by atoms with van der Waals surface area (Å²) in [6.07, 6.45) is 1.76.